The van der Waals surface area contributed by atoms with Gasteiger partial charge in [-0.2, -0.15) is 5.26 Å². The van der Waals surface area contributed by atoms with Gasteiger partial charge in [0, 0.05) is 24.2 Å². The van der Waals surface area contributed by atoms with Crippen molar-refractivity contribution in [1.82, 2.24) is 10.5 Å². The van der Waals surface area contributed by atoms with Crippen LogP contribution in [-0.4, -0.2) is 30.2 Å². The lowest BCUT2D eigenvalue weighted by Crippen LogP contribution is -2.38. The molecule has 6 nitrogen and oxygen atoms in total. The number of nitrogens with one attached hydrogen (secondary N) is 1. The molecule has 0 spiro atoms. The Morgan fingerprint density at radius 1 is 1.52 bits per heavy atom. The summed E-state index contributed by atoms with van der Waals surface area (Å²) < 4.78 is 4.97. The van der Waals surface area contributed by atoms with E-state index in [0.29, 0.717) is 33.6 Å². The molecule has 0 bridgehead atoms. The monoisotopic (exact) mass is 378 g/mol. The van der Waals surface area contributed by atoms with Gasteiger partial charge in [-0.05, 0) is 31.5 Å². The number of rotatable bonds is 4. The van der Waals surface area contributed by atoms with Crippen LogP contribution in [0.1, 0.15) is 23.4 Å². The molecule has 1 N–H and O–H groups in total. The van der Waals surface area contributed by atoms with Gasteiger partial charge in [0.05, 0.1) is 17.1 Å². The fraction of sp³-hybridized carbons (Fsp3) is 0.353. The van der Waals surface area contributed by atoms with E-state index in [2.05, 4.69) is 15.4 Å². The van der Waals surface area contributed by atoms with E-state index in [9.17, 15) is 4.79 Å². The van der Waals surface area contributed by atoms with Crippen LogP contribution in [0.25, 0.3) is 0 Å². The van der Waals surface area contributed by atoms with Gasteiger partial charge in [0.15, 0.2) is 5.76 Å². The van der Waals surface area contributed by atoms with E-state index >= 15 is 0 Å². The summed E-state index contributed by atoms with van der Waals surface area (Å²) in [6.45, 7) is 3.10. The molecule has 1 aliphatic rings. The second kappa shape index (κ2) is 7.34. The second-order valence-electron chi connectivity index (χ2n) is 5.94. The number of halogens is 2. The standard InChI is InChI=1S/C17H16Cl2N4O2/c1-10-13(8-20)15(22-25-10)7-17(24)21-12-4-5-23(9-12)16-3-2-11(18)6-14(16)19/h2-3,6,12H,4-5,7,9H2,1H3,(H,21,24). The molecule has 1 unspecified atom stereocenters. The van der Waals surface area contributed by atoms with Gasteiger partial charge < -0.3 is 14.7 Å². The van der Waals surface area contributed by atoms with Crippen LogP contribution < -0.4 is 10.2 Å². The summed E-state index contributed by atoms with van der Waals surface area (Å²) in [5.41, 5.74) is 1.60. The summed E-state index contributed by atoms with van der Waals surface area (Å²) in [4.78, 5) is 14.4. The number of hydrogen-bond donors (Lipinski definition) is 1. The van der Waals surface area contributed by atoms with Crippen molar-refractivity contribution in [2.75, 3.05) is 18.0 Å². The average Bonchev–Trinajstić information content (AvgIpc) is 3.14. The summed E-state index contributed by atoms with van der Waals surface area (Å²) in [5.74, 6) is 0.244. The summed E-state index contributed by atoms with van der Waals surface area (Å²) in [7, 11) is 0. The van der Waals surface area contributed by atoms with Gasteiger partial charge in [-0.15, -0.1) is 0 Å². The van der Waals surface area contributed by atoms with Gasteiger partial charge in [-0.3, -0.25) is 4.79 Å². The smallest absolute Gasteiger partial charge is 0.226 e. The normalized spacial score (nSPS) is 16.7. The highest BCUT2D eigenvalue weighted by Gasteiger charge is 2.26. The van der Waals surface area contributed by atoms with E-state index in [1.807, 2.05) is 12.1 Å². The number of aryl methyl sites for hydroxylation is 1. The zero-order valence-electron chi connectivity index (χ0n) is 13.6. The van der Waals surface area contributed by atoms with Gasteiger partial charge in [-0.25, -0.2) is 0 Å². The van der Waals surface area contributed by atoms with Crippen molar-refractivity contribution in [3.8, 4) is 6.07 Å². The Morgan fingerprint density at radius 2 is 2.32 bits per heavy atom. The van der Waals surface area contributed by atoms with Gasteiger partial charge in [0.2, 0.25) is 5.91 Å². The van der Waals surface area contributed by atoms with Crippen LogP contribution in [0, 0.1) is 18.3 Å². The van der Waals surface area contributed by atoms with E-state index in [0.717, 1.165) is 18.7 Å². The summed E-state index contributed by atoms with van der Waals surface area (Å²) in [6.07, 6.45) is 0.839. The molecule has 8 heteroatoms. The van der Waals surface area contributed by atoms with Crippen molar-refractivity contribution >= 4 is 34.8 Å². The number of carbonyl (C=O) groups excluding carboxylic acids is 1. The fourth-order valence-corrected chi connectivity index (χ4v) is 3.48. The second-order valence-corrected chi connectivity index (χ2v) is 6.79. The van der Waals surface area contributed by atoms with Crippen LogP contribution in [0.2, 0.25) is 10.0 Å². The summed E-state index contributed by atoms with van der Waals surface area (Å²) in [5, 5.41) is 17.0. The Bertz CT molecular complexity index is 844. The maximum atomic E-state index is 12.2. The van der Waals surface area contributed by atoms with Gasteiger partial charge in [0.25, 0.3) is 0 Å². The van der Waals surface area contributed by atoms with Gasteiger partial charge >= 0.3 is 0 Å². The van der Waals surface area contributed by atoms with E-state index < -0.39 is 0 Å². The Balaban J connectivity index is 1.59. The third-order valence-electron chi connectivity index (χ3n) is 4.18. The minimum atomic E-state index is -0.182. The number of amides is 1. The molecule has 2 heterocycles. The maximum absolute atomic E-state index is 12.2. The first-order chi connectivity index (χ1) is 12.0. The number of carbonyl (C=O) groups is 1. The van der Waals surface area contributed by atoms with Crippen molar-refractivity contribution in [1.29, 1.82) is 5.26 Å². The molecule has 1 aromatic carbocycles. The third-order valence-corrected chi connectivity index (χ3v) is 4.71. The van der Waals surface area contributed by atoms with Crippen LogP contribution in [-0.2, 0) is 11.2 Å². The molecule has 0 radical (unpaired) electrons. The summed E-state index contributed by atoms with van der Waals surface area (Å²) in [6, 6.07) is 7.41. The van der Waals surface area contributed by atoms with Gasteiger partial charge in [-0.1, -0.05) is 28.4 Å². The Labute approximate surface area is 155 Å². The Kier molecular flexibility index (Phi) is 5.16. The molecule has 2 aromatic rings. The molecule has 0 aliphatic carbocycles. The molecule has 1 saturated heterocycles. The van der Waals surface area contributed by atoms with E-state index in [-0.39, 0.29) is 18.4 Å². The van der Waals surface area contributed by atoms with Crippen molar-refractivity contribution in [2.45, 2.75) is 25.8 Å². The van der Waals surface area contributed by atoms with Crippen molar-refractivity contribution in [2.24, 2.45) is 0 Å². The SMILES string of the molecule is Cc1onc(CC(=O)NC2CCN(c3ccc(Cl)cc3Cl)C2)c1C#N. The first-order valence-electron chi connectivity index (χ1n) is 7.82. The maximum Gasteiger partial charge on any atom is 0.226 e. The fourth-order valence-electron chi connectivity index (χ4n) is 2.95. The number of aromatic nitrogens is 1. The number of nitriles is 1. The predicted octanol–water partition coefficient (Wildman–Crippen LogP) is 3.10. The topological polar surface area (TPSA) is 82.2 Å². The quantitative estimate of drug-likeness (QED) is 0.883. The molecular weight excluding hydrogens is 363 g/mol. The first-order valence-corrected chi connectivity index (χ1v) is 8.58. The van der Waals surface area contributed by atoms with E-state index in [4.69, 9.17) is 33.0 Å². The van der Waals surface area contributed by atoms with Crippen LogP contribution in [0.4, 0.5) is 5.69 Å². The number of benzene rings is 1. The zero-order chi connectivity index (χ0) is 18.0. The highest BCUT2D eigenvalue weighted by Crippen LogP contribution is 2.31. The molecule has 1 fully saturated rings. The van der Waals surface area contributed by atoms with Crippen molar-refractivity contribution < 1.29 is 9.32 Å². The van der Waals surface area contributed by atoms with E-state index in [1.54, 1.807) is 19.1 Å². The lowest BCUT2D eigenvalue weighted by atomic mass is 10.1. The molecule has 0 saturated carbocycles. The highest BCUT2D eigenvalue weighted by atomic mass is 35.5. The van der Waals surface area contributed by atoms with Crippen molar-refractivity contribution in [3.05, 3.63) is 45.3 Å². The number of nitrogens with zero attached hydrogens (tertiary/aromatic N) is 3. The van der Waals surface area contributed by atoms with Crippen LogP contribution in [0.3, 0.4) is 0 Å². The van der Waals surface area contributed by atoms with Crippen molar-refractivity contribution in [3.63, 3.8) is 0 Å². The lowest BCUT2D eigenvalue weighted by molar-refractivity contribution is -0.121. The van der Waals surface area contributed by atoms with Crippen LogP contribution in [0.15, 0.2) is 22.7 Å². The molecule has 1 aromatic heterocycles. The molecule has 3 rings (SSSR count). The lowest BCUT2D eigenvalue weighted by Gasteiger charge is -2.20. The molecular formula is C17H16Cl2N4O2. The van der Waals surface area contributed by atoms with Gasteiger partial charge in [0.1, 0.15) is 17.3 Å². The summed E-state index contributed by atoms with van der Waals surface area (Å²) >= 11 is 12.2. The minimum absolute atomic E-state index is 0.0118. The number of anilines is 1. The van der Waals surface area contributed by atoms with Crippen LogP contribution >= 0.6 is 23.2 Å². The highest BCUT2D eigenvalue weighted by molar-refractivity contribution is 6.36. The van der Waals surface area contributed by atoms with E-state index in [1.165, 1.54) is 0 Å². The Morgan fingerprint density at radius 3 is 3.04 bits per heavy atom. The molecule has 1 atom stereocenters. The minimum Gasteiger partial charge on any atom is -0.368 e. The average molecular weight is 379 g/mol. The van der Waals surface area contributed by atoms with Crippen LogP contribution in [0.5, 0.6) is 0 Å². The molecule has 25 heavy (non-hydrogen) atoms. The zero-order valence-corrected chi connectivity index (χ0v) is 15.1. The third kappa shape index (κ3) is 3.89. The largest absolute Gasteiger partial charge is 0.368 e. The Hall–Kier alpha value is -2.23. The molecule has 1 amide bonds. The predicted molar refractivity (Wildman–Crippen MR) is 94.9 cm³/mol. The molecule has 130 valence electrons. The molecule has 1 aliphatic heterocycles. The first kappa shape index (κ1) is 17.6. The number of hydrogen-bond acceptors (Lipinski definition) is 5.